The average Bonchev–Trinajstić information content (AvgIpc) is 3.31. The topological polar surface area (TPSA) is 137 Å². The van der Waals surface area contributed by atoms with E-state index < -0.39 is 30.0 Å². The molecule has 0 radical (unpaired) electrons. The normalized spacial score (nSPS) is 14.7. The van der Waals surface area contributed by atoms with Crippen LogP contribution in [0.2, 0.25) is 0 Å². The number of hydrogen-bond acceptors (Lipinski definition) is 8. The Morgan fingerprint density at radius 2 is 1.86 bits per heavy atom. The van der Waals surface area contributed by atoms with E-state index in [1.807, 2.05) is 13.8 Å². The molecule has 0 aliphatic heterocycles. The van der Waals surface area contributed by atoms with Crippen LogP contribution in [0, 0.1) is 23.4 Å². The van der Waals surface area contributed by atoms with Crippen LogP contribution >= 0.6 is 0 Å². The molecule has 3 unspecified atom stereocenters. The second-order valence-corrected chi connectivity index (χ2v) is 8.41. The fraction of sp³-hybridized carbons (Fsp3) is 0.417. The number of rotatable bonds is 11. The number of nitrogens with zero attached hydrogens (tertiary/aromatic N) is 4. The number of aliphatic hydroxyl groups is 1. The first-order valence-electron chi connectivity index (χ1n) is 11.4. The van der Waals surface area contributed by atoms with Crippen LogP contribution in [0.15, 0.2) is 35.0 Å². The molecule has 0 aliphatic carbocycles. The zero-order valence-corrected chi connectivity index (χ0v) is 19.6. The maximum atomic E-state index is 14.7. The number of nitrogens with two attached hydrogens (primary N) is 2. The van der Waals surface area contributed by atoms with Crippen molar-refractivity contribution in [3.63, 3.8) is 0 Å². The lowest BCUT2D eigenvalue weighted by Crippen LogP contribution is -2.29. The van der Waals surface area contributed by atoms with Crippen LogP contribution in [-0.2, 0) is 6.61 Å². The van der Waals surface area contributed by atoms with Gasteiger partial charge in [0.15, 0.2) is 11.6 Å². The van der Waals surface area contributed by atoms with Gasteiger partial charge in [0.2, 0.25) is 5.82 Å². The van der Waals surface area contributed by atoms with Crippen molar-refractivity contribution in [2.24, 2.45) is 17.4 Å². The van der Waals surface area contributed by atoms with Gasteiger partial charge < -0.3 is 21.1 Å². The van der Waals surface area contributed by atoms with Crippen LogP contribution in [-0.4, -0.2) is 31.3 Å². The molecule has 3 aromatic rings. The maximum Gasteiger partial charge on any atom is 0.295 e. The Morgan fingerprint density at radius 3 is 2.49 bits per heavy atom. The highest BCUT2D eigenvalue weighted by atomic mass is 19.1. The Bertz CT molecular complexity index is 1150. The number of aliphatic hydroxyl groups excluding tert-OH is 1. The first-order valence-corrected chi connectivity index (χ1v) is 11.4. The van der Waals surface area contributed by atoms with E-state index >= 15 is 0 Å². The van der Waals surface area contributed by atoms with Crippen molar-refractivity contribution in [3.8, 4) is 11.7 Å². The minimum Gasteiger partial charge on any atom is -0.398 e. The molecule has 0 saturated carbocycles. The van der Waals surface area contributed by atoms with Crippen LogP contribution < -0.4 is 11.5 Å². The van der Waals surface area contributed by atoms with Gasteiger partial charge in [0.25, 0.3) is 5.89 Å². The summed E-state index contributed by atoms with van der Waals surface area (Å²) in [6.07, 6.45) is 5.02. The molecule has 1 aromatic carbocycles. The van der Waals surface area contributed by atoms with Crippen molar-refractivity contribution in [3.05, 3.63) is 65.0 Å². The van der Waals surface area contributed by atoms with E-state index in [-0.39, 0.29) is 46.5 Å². The number of benzene rings is 1. The molecule has 0 fully saturated rings. The molecule has 3 rings (SSSR count). The third kappa shape index (κ3) is 6.43. The molecule has 0 aliphatic rings. The summed E-state index contributed by atoms with van der Waals surface area (Å²) in [6.45, 7) is 3.37. The molecule has 3 atom stereocenters. The fourth-order valence-electron chi connectivity index (χ4n) is 3.90. The minimum atomic E-state index is -0.720. The number of allylic oxidation sites excluding steroid dienone is 1. The third-order valence-corrected chi connectivity index (χ3v) is 5.80. The van der Waals surface area contributed by atoms with Crippen LogP contribution in [0.25, 0.3) is 17.4 Å². The molecule has 8 nitrogen and oxygen atoms in total. The molecule has 2 aromatic heterocycles. The summed E-state index contributed by atoms with van der Waals surface area (Å²) in [5.41, 5.74) is 12.2. The van der Waals surface area contributed by atoms with Gasteiger partial charge in [0.05, 0.1) is 17.5 Å². The third-order valence-electron chi connectivity index (χ3n) is 5.80. The molecular weight excluding hydrogens is 461 g/mol. The van der Waals surface area contributed by atoms with E-state index in [2.05, 4.69) is 20.1 Å². The van der Waals surface area contributed by atoms with Gasteiger partial charge in [-0.15, -0.1) is 0 Å². The van der Waals surface area contributed by atoms with Crippen molar-refractivity contribution >= 4 is 5.70 Å². The van der Waals surface area contributed by atoms with Crippen molar-refractivity contribution in [2.45, 2.75) is 58.1 Å². The molecule has 188 valence electrons. The second-order valence-electron chi connectivity index (χ2n) is 8.41. The van der Waals surface area contributed by atoms with Gasteiger partial charge >= 0.3 is 0 Å². The molecule has 0 saturated heterocycles. The molecule has 5 N–H and O–H groups in total. The van der Waals surface area contributed by atoms with Gasteiger partial charge in [-0.25, -0.2) is 23.1 Å². The maximum absolute atomic E-state index is 14.7. The van der Waals surface area contributed by atoms with E-state index in [1.165, 1.54) is 6.07 Å². The number of halogens is 3. The lowest BCUT2D eigenvalue weighted by Gasteiger charge is -2.23. The van der Waals surface area contributed by atoms with E-state index in [9.17, 15) is 13.2 Å². The number of aromatic nitrogens is 4. The predicted octanol–water partition coefficient (Wildman–Crippen LogP) is 4.06. The molecule has 0 bridgehead atoms. The zero-order valence-electron chi connectivity index (χ0n) is 19.6. The Balaban J connectivity index is 1.74. The lowest BCUT2D eigenvalue weighted by molar-refractivity contribution is 0.264. The second kappa shape index (κ2) is 11.9. The molecule has 2 heterocycles. The van der Waals surface area contributed by atoms with Gasteiger partial charge in [0, 0.05) is 17.7 Å². The van der Waals surface area contributed by atoms with Crippen LogP contribution in [0.3, 0.4) is 0 Å². The Kier molecular flexibility index (Phi) is 8.94. The first-order chi connectivity index (χ1) is 16.7. The predicted molar refractivity (Wildman–Crippen MR) is 124 cm³/mol. The van der Waals surface area contributed by atoms with Crippen molar-refractivity contribution < 1.29 is 22.8 Å². The summed E-state index contributed by atoms with van der Waals surface area (Å²) in [6, 6.07) is 3.23. The standard InChI is InChI=1S/C24H29F3N6O2/c1-3-18(28)14(22-17(27)11-30-23(32-22)24-31-20(12-34)33-35-24)7-4-6-13(2)10-19(29)21-15(25)8-5-9-16(21)26/h5,8-11,13-14,18,34H,3-4,6-7,12,28-29H2,1-2H3/b19-10-. The van der Waals surface area contributed by atoms with Crippen LogP contribution in [0.5, 0.6) is 0 Å². The summed E-state index contributed by atoms with van der Waals surface area (Å²) in [7, 11) is 0. The summed E-state index contributed by atoms with van der Waals surface area (Å²) in [5, 5.41) is 12.7. The zero-order chi connectivity index (χ0) is 25.5. The molecule has 35 heavy (non-hydrogen) atoms. The highest BCUT2D eigenvalue weighted by molar-refractivity contribution is 5.63. The number of hydrogen-bond donors (Lipinski definition) is 3. The lowest BCUT2D eigenvalue weighted by atomic mass is 9.87. The smallest absolute Gasteiger partial charge is 0.295 e. The van der Waals surface area contributed by atoms with E-state index in [0.29, 0.717) is 25.7 Å². The Hall–Kier alpha value is -3.31. The average molecular weight is 491 g/mol. The van der Waals surface area contributed by atoms with Crippen molar-refractivity contribution in [2.75, 3.05) is 0 Å². The van der Waals surface area contributed by atoms with Gasteiger partial charge in [-0.05, 0) is 37.3 Å². The molecule has 0 spiro atoms. The minimum absolute atomic E-state index is 0.0307. The van der Waals surface area contributed by atoms with Gasteiger partial charge in [-0.3, -0.25) is 0 Å². The Morgan fingerprint density at radius 1 is 1.14 bits per heavy atom. The quantitative estimate of drug-likeness (QED) is 0.366. The van der Waals surface area contributed by atoms with Crippen LogP contribution in [0.1, 0.15) is 62.5 Å². The van der Waals surface area contributed by atoms with Crippen molar-refractivity contribution in [1.82, 2.24) is 20.1 Å². The monoisotopic (exact) mass is 490 g/mol. The fourth-order valence-corrected chi connectivity index (χ4v) is 3.90. The molecular formula is C24H29F3N6O2. The first kappa shape index (κ1) is 26.3. The Labute approximate surface area is 201 Å². The summed E-state index contributed by atoms with van der Waals surface area (Å²) >= 11 is 0. The summed E-state index contributed by atoms with van der Waals surface area (Å²) in [4.78, 5) is 12.2. The van der Waals surface area contributed by atoms with Gasteiger partial charge in [0.1, 0.15) is 18.2 Å². The van der Waals surface area contributed by atoms with E-state index in [4.69, 9.17) is 21.1 Å². The van der Waals surface area contributed by atoms with Crippen LogP contribution in [0.4, 0.5) is 13.2 Å². The highest BCUT2D eigenvalue weighted by Gasteiger charge is 2.25. The van der Waals surface area contributed by atoms with Gasteiger partial charge in [-0.1, -0.05) is 37.6 Å². The SMILES string of the molecule is CCC(N)C(CCCC(C)/C=C(\N)c1c(F)cccc1F)c1nc(-c2nc(CO)no2)ncc1F. The van der Waals surface area contributed by atoms with E-state index in [0.717, 1.165) is 18.3 Å². The summed E-state index contributed by atoms with van der Waals surface area (Å²) < 4.78 is 47.8. The van der Waals surface area contributed by atoms with E-state index in [1.54, 1.807) is 6.08 Å². The van der Waals surface area contributed by atoms with Crippen molar-refractivity contribution in [1.29, 1.82) is 0 Å². The molecule has 11 heteroatoms. The largest absolute Gasteiger partial charge is 0.398 e. The molecule has 0 amide bonds. The summed E-state index contributed by atoms with van der Waals surface area (Å²) in [5.74, 6) is -2.48. The van der Waals surface area contributed by atoms with Gasteiger partial charge in [-0.2, -0.15) is 4.98 Å². The highest BCUT2D eigenvalue weighted by Crippen LogP contribution is 2.30.